The Hall–Kier alpha value is -3.74. The number of nitrogens with one attached hydrogen (secondary N) is 1. The molecule has 0 bridgehead atoms. The van der Waals surface area contributed by atoms with E-state index in [2.05, 4.69) is 5.32 Å². The maximum atomic E-state index is 13.0. The molecule has 7 nitrogen and oxygen atoms in total. The van der Waals surface area contributed by atoms with Gasteiger partial charge in [0.15, 0.2) is 5.58 Å². The summed E-state index contributed by atoms with van der Waals surface area (Å²) in [7, 11) is 0. The van der Waals surface area contributed by atoms with Gasteiger partial charge in [-0.1, -0.05) is 0 Å². The van der Waals surface area contributed by atoms with Crippen LogP contribution < -0.4 is 15.8 Å². The van der Waals surface area contributed by atoms with Crippen LogP contribution in [-0.2, 0) is 11.0 Å². The molecule has 0 unspecified atom stereocenters. The molecule has 0 saturated heterocycles. The number of amides is 1. The van der Waals surface area contributed by atoms with Crippen LogP contribution in [0.2, 0.25) is 0 Å². The number of nitrogens with zero attached hydrogens (tertiary/aromatic N) is 2. The molecule has 0 spiro atoms. The van der Waals surface area contributed by atoms with Crippen LogP contribution in [0.25, 0.3) is 11.1 Å². The number of hydrogen-bond acceptors (Lipinski definition) is 5. The number of carbonyl (C=O) groups excluding carboxylic acids is 1. The highest BCUT2D eigenvalue weighted by molar-refractivity contribution is 5.94. The van der Waals surface area contributed by atoms with Crippen molar-refractivity contribution in [3.63, 3.8) is 0 Å². The van der Waals surface area contributed by atoms with Gasteiger partial charge in [-0.3, -0.25) is 9.36 Å². The van der Waals surface area contributed by atoms with Gasteiger partial charge >= 0.3 is 11.9 Å². The van der Waals surface area contributed by atoms with Crippen LogP contribution in [0.3, 0.4) is 0 Å². The summed E-state index contributed by atoms with van der Waals surface area (Å²) in [6.45, 7) is 3.75. The number of aromatic nitrogens is 1. The molecule has 1 aliphatic rings. The highest BCUT2D eigenvalue weighted by atomic mass is 19.4. The molecule has 2 aromatic carbocycles. The Morgan fingerprint density at radius 3 is 2.51 bits per heavy atom. The zero-order valence-electron chi connectivity index (χ0n) is 19.2. The first-order chi connectivity index (χ1) is 16.6. The van der Waals surface area contributed by atoms with Gasteiger partial charge in [-0.15, -0.1) is 0 Å². The number of oxazole rings is 1. The lowest BCUT2D eigenvalue weighted by molar-refractivity contribution is -0.137. The fraction of sp³-hybridized carbons (Fsp3) is 0.400. The third-order valence-corrected chi connectivity index (χ3v) is 6.17. The Morgan fingerprint density at radius 2 is 1.89 bits per heavy atom. The first-order valence-corrected chi connectivity index (χ1v) is 11.3. The number of benzene rings is 2. The molecule has 1 amide bonds. The van der Waals surface area contributed by atoms with E-state index in [1.54, 1.807) is 18.2 Å². The van der Waals surface area contributed by atoms with Crippen molar-refractivity contribution in [2.75, 3.05) is 5.32 Å². The Balaban J connectivity index is 1.38. The van der Waals surface area contributed by atoms with Crippen molar-refractivity contribution in [1.82, 2.24) is 4.57 Å². The molecule has 1 saturated carbocycles. The number of alkyl halides is 3. The summed E-state index contributed by atoms with van der Waals surface area (Å²) in [5.74, 6) is -1.05. The van der Waals surface area contributed by atoms with E-state index in [9.17, 15) is 28.0 Å². The van der Waals surface area contributed by atoms with E-state index >= 15 is 0 Å². The van der Waals surface area contributed by atoms with Crippen molar-refractivity contribution < 1.29 is 27.1 Å². The highest BCUT2D eigenvalue weighted by Gasteiger charge is 2.32. The minimum Gasteiger partial charge on any atom is -0.489 e. The van der Waals surface area contributed by atoms with Gasteiger partial charge in [0, 0.05) is 23.7 Å². The minimum absolute atomic E-state index is 0.0335. The third-order valence-electron chi connectivity index (χ3n) is 6.17. The fourth-order valence-corrected chi connectivity index (χ4v) is 4.36. The molecule has 0 aliphatic heterocycles. The smallest absolute Gasteiger partial charge is 0.420 e. The van der Waals surface area contributed by atoms with E-state index in [1.165, 1.54) is 4.57 Å². The van der Waals surface area contributed by atoms with Gasteiger partial charge in [-0.2, -0.15) is 18.4 Å². The Kier molecular flexibility index (Phi) is 6.61. The van der Waals surface area contributed by atoms with E-state index in [0.29, 0.717) is 42.5 Å². The number of hydrogen-bond donors (Lipinski definition) is 1. The number of ether oxygens (including phenoxy) is 1. The molecule has 1 aliphatic carbocycles. The van der Waals surface area contributed by atoms with Crippen LogP contribution >= 0.6 is 0 Å². The summed E-state index contributed by atoms with van der Waals surface area (Å²) in [6, 6.07) is 9.63. The lowest BCUT2D eigenvalue weighted by atomic mass is 9.86. The van der Waals surface area contributed by atoms with Crippen LogP contribution in [0.4, 0.5) is 18.9 Å². The van der Waals surface area contributed by atoms with Crippen LogP contribution in [0.1, 0.15) is 56.7 Å². The monoisotopic (exact) mass is 487 g/mol. The minimum atomic E-state index is -4.54. The van der Waals surface area contributed by atoms with Crippen LogP contribution in [0.15, 0.2) is 45.6 Å². The molecule has 35 heavy (non-hydrogen) atoms. The standard InChI is InChI=1S/C25H24F3N3O4/c1-14(2)31-20-10-7-18(12-22(20)35-24(31)33)30-23(32)15-4-8-19(9-5-15)34-21-11-17(25(26,27)28)6-3-16(21)13-29/h3,6-7,10-12,14-15,19H,4-5,8-9H2,1-2H3,(H,30,32). The van der Waals surface area contributed by atoms with Crippen molar-refractivity contribution in [3.05, 3.63) is 58.1 Å². The number of halogens is 3. The van der Waals surface area contributed by atoms with Crippen molar-refractivity contribution >= 4 is 22.7 Å². The Bertz CT molecular complexity index is 1340. The lowest BCUT2D eigenvalue weighted by Crippen LogP contribution is -2.31. The van der Waals surface area contributed by atoms with E-state index in [1.807, 2.05) is 19.9 Å². The first-order valence-electron chi connectivity index (χ1n) is 11.3. The van der Waals surface area contributed by atoms with E-state index in [4.69, 9.17) is 9.15 Å². The molecule has 1 heterocycles. The summed E-state index contributed by atoms with van der Waals surface area (Å²) < 4.78 is 51.7. The maximum Gasteiger partial charge on any atom is 0.420 e. The number of carbonyl (C=O) groups is 1. The van der Waals surface area contributed by atoms with Gasteiger partial charge in [0.2, 0.25) is 5.91 Å². The zero-order valence-corrected chi connectivity index (χ0v) is 19.2. The van der Waals surface area contributed by atoms with Crippen LogP contribution in [0.5, 0.6) is 5.75 Å². The van der Waals surface area contributed by atoms with Crippen molar-refractivity contribution in [3.8, 4) is 11.8 Å². The van der Waals surface area contributed by atoms with E-state index in [0.717, 1.165) is 18.2 Å². The summed E-state index contributed by atoms with van der Waals surface area (Å²) in [5.41, 5.74) is 0.690. The van der Waals surface area contributed by atoms with E-state index < -0.39 is 23.6 Å². The molecular weight excluding hydrogens is 463 g/mol. The molecule has 10 heteroatoms. The molecule has 0 radical (unpaired) electrons. The molecule has 1 N–H and O–H groups in total. The second-order valence-electron chi connectivity index (χ2n) is 8.92. The number of anilines is 1. The Labute approximate surface area is 199 Å². The average molecular weight is 487 g/mol. The normalized spacial score (nSPS) is 18.4. The largest absolute Gasteiger partial charge is 0.489 e. The van der Waals surface area contributed by atoms with Crippen molar-refractivity contribution in [1.29, 1.82) is 5.26 Å². The molecule has 0 atom stereocenters. The average Bonchev–Trinajstić information content (AvgIpc) is 3.14. The van der Waals surface area contributed by atoms with Gasteiger partial charge < -0.3 is 14.5 Å². The molecule has 3 aromatic rings. The van der Waals surface area contributed by atoms with Crippen LogP contribution in [-0.4, -0.2) is 16.6 Å². The van der Waals surface area contributed by atoms with E-state index in [-0.39, 0.29) is 29.2 Å². The maximum absolute atomic E-state index is 13.0. The molecule has 184 valence electrons. The first kappa shape index (κ1) is 24.4. The van der Waals surface area contributed by atoms with Gasteiger partial charge in [-0.25, -0.2) is 4.79 Å². The SMILES string of the molecule is CC(C)n1c(=O)oc2cc(NC(=O)C3CCC(Oc4cc(C(F)(F)F)ccc4C#N)CC3)ccc21. The van der Waals surface area contributed by atoms with Gasteiger partial charge in [0.25, 0.3) is 0 Å². The molecule has 1 fully saturated rings. The summed E-state index contributed by atoms with van der Waals surface area (Å²) in [6.07, 6.45) is -3.04. The highest BCUT2D eigenvalue weighted by Crippen LogP contribution is 2.35. The predicted molar refractivity (Wildman–Crippen MR) is 122 cm³/mol. The molecule has 4 rings (SSSR count). The molecule has 1 aromatic heterocycles. The topological polar surface area (TPSA) is 97.3 Å². The summed E-state index contributed by atoms with van der Waals surface area (Å²) in [4.78, 5) is 24.8. The zero-order chi connectivity index (χ0) is 25.3. The lowest BCUT2D eigenvalue weighted by Gasteiger charge is -2.28. The summed E-state index contributed by atoms with van der Waals surface area (Å²) >= 11 is 0. The Morgan fingerprint density at radius 1 is 1.17 bits per heavy atom. The predicted octanol–water partition coefficient (Wildman–Crippen LogP) is 5.64. The fourth-order valence-electron chi connectivity index (χ4n) is 4.36. The quantitative estimate of drug-likeness (QED) is 0.502. The van der Waals surface area contributed by atoms with Gasteiger partial charge in [0.1, 0.15) is 11.8 Å². The molecular formula is C25H24F3N3O4. The van der Waals surface area contributed by atoms with Crippen molar-refractivity contribution in [2.45, 2.75) is 57.9 Å². The van der Waals surface area contributed by atoms with Crippen LogP contribution in [0, 0.1) is 17.2 Å². The number of fused-ring (bicyclic) bond motifs is 1. The summed E-state index contributed by atoms with van der Waals surface area (Å²) in [5, 5.41) is 12.1. The third kappa shape index (κ3) is 5.19. The van der Waals surface area contributed by atoms with Gasteiger partial charge in [0.05, 0.1) is 22.7 Å². The second-order valence-corrected chi connectivity index (χ2v) is 8.92. The number of rotatable bonds is 5. The van der Waals surface area contributed by atoms with Gasteiger partial charge in [-0.05, 0) is 69.9 Å². The number of nitriles is 1. The second kappa shape index (κ2) is 9.49. The van der Waals surface area contributed by atoms with Crippen molar-refractivity contribution in [2.24, 2.45) is 5.92 Å².